The van der Waals surface area contributed by atoms with Crippen molar-refractivity contribution in [2.24, 2.45) is 5.92 Å². The molecule has 0 radical (unpaired) electrons. The van der Waals surface area contributed by atoms with Crippen molar-refractivity contribution < 1.29 is 27.8 Å². The third kappa shape index (κ3) is 6.04. The number of anilines is 1. The SMILES string of the molecule is Cc1nc2cnc(N3CCN([C@H]4C[C@@H]4C(F)(F)F)CC3)c(C#N)c2c(=O)n1CCOc1ccc(Cl)cc1-c1ccnc2c(C(=O)O)csc12. The number of hydrogen-bond acceptors (Lipinski definition) is 10. The number of aryl methyl sites for hydroxylation is 1. The standard InChI is InChI=1S/C33H27ClF3N7O4S/c1-17-41-24-15-40-30(43-8-6-42(7-9-43)25-13-23(25)33(35,36)37)21(14-38)27(24)31(45)44(17)10-11-48-26-3-2-18(34)12-20(26)19-4-5-39-28-22(32(46)47)16-49-29(19)28/h2-5,12,15-16,23,25H,6-11,13H2,1H3,(H,46,47)/t23-,25-/m0/s1. The second-order valence-electron chi connectivity index (χ2n) is 11.9. The predicted molar refractivity (Wildman–Crippen MR) is 178 cm³/mol. The number of carboxylic acids is 1. The van der Waals surface area contributed by atoms with E-state index in [1.54, 1.807) is 31.2 Å². The van der Waals surface area contributed by atoms with Crippen LogP contribution in [0.2, 0.25) is 5.02 Å². The van der Waals surface area contributed by atoms with E-state index >= 15 is 0 Å². The van der Waals surface area contributed by atoms with E-state index in [1.165, 1.54) is 33.7 Å². The molecule has 5 aromatic rings. The molecule has 2 aliphatic rings. The molecular formula is C33H27ClF3N7O4S. The summed E-state index contributed by atoms with van der Waals surface area (Å²) in [6.07, 6.45) is -1.13. The number of fused-ring (bicyclic) bond motifs is 2. The topological polar surface area (TPSA) is 137 Å². The van der Waals surface area contributed by atoms with Gasteiger partial charge < -0.3 is 14.7 Å². The number of piperazine rings is 1. The Bertz CT molecular complexity index is 2230. The molecule has 1 saturated heterocycles. The van der Waals surface area contributed by atoms with Gasteiger partial charge in [0.1, 0.15) is 35.6 Å². The number of nitrogens with zero attached hydrogens (tertiary/aromatic N) is 7. The average molecular weight is 710 g/mol. The number of thiophene rings is 1. The lowest BCUT2D eigenvalue weighted by atomic mass is 10.0. The Morgan fingerprint density at radius 3 is 2.65 bits per heavy atom. The summed E-state index contributed by atoms with van der Waals surface area (Å²) in [5.74, 6) is -1.22. The molecule has 0 spiro atoms. The molecule has 1 N–H and O–H groups in total. The van der Waals surface area contributed by atoms with Crippen LogP contribution in [0.1, 0.15) is 28.2 Å². The molecule has 4 aromatic heterocycles. The fourth-order valence-electron chi connectivity index (χ4n) is 6.50. The second-order valence-corrected chi connectivity index (χ2v) is 13.2. The van der Waals surface area contributed by atoms with Gasteiger partial charge in [0.25, 0.3) is 5.56 Å². The summed E-state index contributed by atoms with van der Waals surface area (Å²) in [6.45, 7) is 3.32. The van der Waals surface area contributed by atoms with Crippen molar-refractivity contribution in [2.45, 2.75) is 32.1 Å². The summed E-state index contributed by atoms with van der Waals surface area (Å²) >= 11 is 7.60. The zero-order valence-electron chi connectivity index (χ0n) is 25.9. The van der Waals surface area contributed by atoms with Crippen molar-refractivity contribution in [3.05, 3.63) is 74.4 Å². The van der Waals surface area contributed by atoms with Crippen LogP contribution in [0.25, 0.3) is 32.2 Å². The van der Waals surface area contributed by atoms with Gasteiger partial charge in [0.2, 0.25) is 0 Å². The fourth-order valence-corrected chi connectivity index (χ4v) is 7.70. The minimum atomic E-state index is -4.20. The normalized spacial score (nSPS) is 18.2. The molecule has 1 aliphatic heterocycles. The van der Waals surface area contributed by atoms with E-state index in [0.29, 0.717) is 69.9 Å². The molecule has 1 aliphatic carbocycles. The van der Waals surface area contributed by atoms with E-state index in [1.807, 2.05) is 9.80 Å². The number of benzene rings is 1. The lowest BCUT2D eigenvalue weighted by Gasteiger charge is -2.36. The van der Waals surface area contributed by atoms with Gasteiger partial charge in [-0.1, -0.05) is 11.6 Å². The number of carboxylic acid groups (broad SMARTS) is 1. The first-order valence-corrected chi connectivity index (χ1v) is 16.6. The van der Waals surface area contributed by atoms with Gasteiger partial charge >= 0.3 is 12.1 Å². The van der Waals surface area contributed by atoms with Crippen LogP contribution < -0.4 is 15.2 Å². The summed E-state index contributed by atoms with van der Waals surface area (Å²) in [6, 6.07) is 8.44. The highest BCUT2D eigenvalue weighted by atomic mass is 35.5. The zero-order chi connectivity index (χ0) is 34.6. The summed E-state index contributed by atoms with van der Waals surface area (Å²) in [5, 5.41) is 21.9. The molecule has 0 unspecified atom stereocenters. The molecule has 2 fully saturated rings. The van der Waals surface area contributed by atoms with Gasteiger partial charge in [-0.05, 0) is 37.6 Å². The maximum atomic E-state index is 13.9. The van der Waals surface area contributed by atoms with Gasteiger partial charge in [0, 0.05) is 59.9 Å². The van der Waals surface area contributed by atoms with Crippen molar-refractivity contribution in [2.75, 3.05) is 37.7 Å². The summed E-state index contributed by atoms with van der Waals surface area (Å²) < 4.78 is 47.6. The monoisotopic (exact) mass is 709 g/mol. The first kappa shape index (κ1) is 32.8. The third-order valence-electron chi connectivity index (χ3n) is 9.03. The van der Waals surface area contributed by atoms with Crippen LogP contribution >= 0.6 is 22.9 Å². The third-order valence-corrected chi connectivity index (χ3v) is 10.3. The van der Waals surface area contributed by atoms with Crippen LogP contribution in [0.3, 0.4) is 0 Å². The predicted octanol–water partition coefficient (Wildman–Crippen LogP) is 5.75. The number of ether oxygens (including phenoxy) is 1. The van der Waals surface area contributed by atoms with Crippen molar-refractivity contribution >= 4 is 55.8 Å². The molecule has 11 nitrogen and oxygen atoms in total. The molecule has 5 heterocycles. The van der Waals surface area contributed by atoms with Gasteiger partial charge in [0.05, 0.1) is 45.3 Å². The number of aromatic nitrogens is 4. The van der Waals surface area contributed by atoms with Gasteiger partial charge in [-0.3, -0.25) is 19.2 Å². The summed E-state index contributed by atoms with van der Waals surface area (Å²) in [5.41, 5.74) is 1.66. The molecule has 0 bridgehead atoms. The van der Waals surface area contributed by atoms with Crippen molar-refractivity contribution in [3.63, 3.8) is 0 Å². The average Bonchev–Trinajstić information content (AvgIpc) is 3.78. The minimum Gasteiger partial charge on any atom is -0.491 e. The number of pyridine rings is 2. The van der Waals surface area contributed by atoms with Crippen LogP contribution in [0, 0.1) is 24.2 Å². The number of carbonyl (C=O) groups is 1. The number of aromatic carboxylic acids is 1. The quantitative estimate of drug-likeness (QED) is 0.212. The highest BCUT2D eigenvalue weighted by molar-refractivity contribution is 7.18. The lowest BCUT2D eigenvalue weighted by molar-refractivity contribution is -0.152. The van der Waals surface area contributed by atoms with E-state index in [2.05, 4.69) is 21.0 Å². The number of halogens is 4. The zero-order valence-corrected chi connectivity index (χ0v) is 27.4. The Labute approximate surface area is 285 Å². The van der Waals surface area contributed by atoms with Crippen LogP contribution in [0.4, 0.5) is 19.0 Å². The van der Waals surface area contributed by atoms with Crippen LogP contribution in [-0.2, 0) is 6.54 Å². The van der Waals surface area contributed by atoms with Crippen LogP contribution in [0.15, 0.2) is 46.8 Å². The molecule has 252 valence electrons. The molecule has 0 amide bonds. The number of alkyl halides is 3. The molecule has 16 heteroatoms. The van der Waals surface area contributed by atoms with E-state index in [0.717, 1.165) is 0 Å². The number of rotatable bonds is 8. The molecular weight excluding hydrogens is 683 g/mol. The Morgan fingerprint density at radius 2 is 1.96 bits per heavy atom. The Hall–Kier alpha value is -4.78. The second kappa shape index (κ2) is 12.6. The molecule has 1 saturated carbocycles. The maximum Gasteiger partial charge on any atom is 0.393 e. The van der Waals surface area contributed by atoms with E-state index in [4.69, 9.17) is 16.3 Å². The highest BCUT2D eigenvalue weighted by Crippen LogP contribution is 2.48. The van der Waals surface area contributed by atoms with Crippen LogP contribution in [0.5, 0.6) is 5.75 Å². The highest BCUT2D eigenvalue weighted by Gasteiger charge is 2.58. The lowest BCUT2D eigenvalue weighted by Crippen LogP contribution is -2.48. The van der Waals surface area contributed by atoms with Crippen LogP contribution in [-0.4, -0.2) is 80.5 Å². The minimum absolute atomic E-state index is 0.0451. The van der Waals surface area contributed by atoms with Gasteiger partial charge in [-0.25, -0.2) is 14.8 Å². The van der Waals surface area contributed by atoms with E-state index < -0.39 is 29.7 Å². The van der Waals surface area contributed by atoms with E-state index in [-0.39, 0.29) is 41.6 Å². The van der Waals surface area contributed by atoms with Gasteiger partial charge in [0.15, 0.2) is 0 Å². The summed E-state index contributed by atoms with van der Waals surface area (Å²) in [4.78, 5) is 42.5. The Balaban J connectivity index is 1.13. The van der Waals surface area contributed by atoms with Crippen molar-refractivity contribution in [1.82, 2.24) is 24.4 Å². The van der Waals surface area contributed by atoms with Crippen molar-refractivity contribution in [3.8, 4) is 22.9 Å². The first-order chi connectivity index (χ1) is 23.5. The molecule has 7 rings (SSSR count). The molecule has 1 aromatic carbocycles. The van der Waals surface area contributed by atoms with E-state index in [9.17, 15) is 33.1 Å². The van der Waals surface area contributed by atoms with Crippen molar-refractivity contribution in [1.29, 1.82) is 5.26 Å². The summed E-state index contributed by atoms with van der Waals surface area (Å²) in [7, 11) is 0. The fraction of sp³-hybridized carbons (Fsp3) is 0.333. The Morgan fingerprint density at radius 1 is 1.18 bits per heavy atom. The largest absolute Gasteiger partial charge is 0.491 e. The Kier molecular flexibility index (Phi) is 8.42. The molecule has 2 atom stereocenters. The van der Waals surface area contributed by atoms with Gasteiger partial charge in [-0.15, -0.1) is 11.3 Å². The smallest absolute Gasteiger partial charge is 0.393 e. The molecule has 49 heavy (non-hydrogen) atoms. The maximum absolute atomic E-state index is 13.9. The first-order valence-electron chi connectivity index (χ1n) is 15.3. The van der Waals surface area contributed by atoms with Gasteiger partial charge in [-0.2, -0.15) is 18.4 Å². The number of nitriles is 1. The number of hydrogen-bond donors (Lipinski definition) is 1.